The summed E-state index contributed by atoms with van der Waals surface area (Å²) in [5.74, 6) is 6.16. The average molecular weight is 801 g/mol. The van der Waals surface area contributed by atoms with Gasteiger partial charge in [-0.05, 0) is 114 Å². The van der Waals surface area contributed by atoms with Gasteiger partial charge in [-0.3, -0.25) is 0 Å². The van der Waals surface area contributed by atoms with E-state index in [0.717, 1.165) is 114 Å². The fourth-order valence-corrected chi connectivity index (χ4v) is 9.17. The molecule has 0 unspecified atom stereocenters. The number of allylic oxidation sites excluding steroid dienone is 4. The summed E-state index contributed by atoms with van der Waals surface area (Å²) in [6, 6.07) is 60.7. The normalized spacial score (nSPS) is 15.1. The summed E-state index contributed by atoms with van der Waals surface area (Å²) in [6.07, 6.45) is 8.96. The summed E-state index contributed by atoms with van der Waals surface area (Å²) in [5.41, 5.74) is 12.0. The highest BCUT2D eigenvalue weighted by Gasteiger charge is 2.37. The van der Waals surface area contributed by atoms with E-state index in [0.29, 0.717) is 5.76 Å². The van der Waals surface area contributed by atoms with Crippen molar-refractivity contribution in [2.75, 3.05) is 9.80 Å². The van der Waals surface area contributed by atoms with E-state index in [9.17, 15) is 0 Å². The molecule has 6 nitrogen and oxygen atoms in total. The Bertz CT molecular complexity index is 3060. The highest BCUT2D eigenvalue weighted by molar-refractivity contribution is 6.88. The highest BCUT2D eigenvalue weighted by Crippen LogP contribution is 2.53. The quantitative estimate of drug-likeness (QED) is 0.165. The number of ether oxygens (including phenoxy) is 4. The lowest BCUT2D eigenvalue weighted by Gasteiger charge is -2.33. The smallest absolute Gasteiger partial charge is 0.227 e. The van der Waals surface area contributed by atoms with E-state index in [4.69, 9.17) is 18.9 Å². The summed E-state index contributed by atoms with van der Waals surface area (Å²) in [4.78, 5) is 4.52. The van der Waals surface area contributed by atoms with Crippen LogP contribution in [0, 0.1) is 0 Å². The molecule has 8 aromatic carbocycles. The first kappa shape index (κ1) is 35.8. The van der Waals surface area contributed by atoms with Gasteiger partial charge in [-0.15, -0.1) is 0 Å². The van der Waals surface area contributed by atoms with Crippen molar-refractivity contribution in [1.82, 2.24) is 0 Å². The Kier molecular flexibility index (Phi) is 8.39. The monoisotopic (exact) mass is 800 g/mol. The predicted molar refractivity (Wildman–Crippen MR) is 251 cm³/mol. The van der Waals surface area contributed by atoms with Crippen LogP contribution in [-0.2, 0) is 0 Å². The lowest BCUT2D eigenvalue weighted by molar-refractivity contribution is 0.444. The van der Waals surface area contributed by atoms with Crippen LogP contribution in [0.25, 0.3) is 22.3 Å². The minimum absolute atomic E-state index is 0.0412. The van der Waals surface area contributed by atoms with Gasteiger partial charge >= 0.3 is 0 Å². The van der Waals surface area contributed by atoms with Crippen LogP contribution in [0.3, 0.4) is 0 Å². The standard InChI is InChI=1S/C55H37BN2O4/c1-36-15-3-2-14-34-56-43-16-4-9-21-48(43)62-55-42(38-28-32-40(33-29-38)58-46-19-7-12-24-51(46)61-52-25-13-8-20-47(52)58)35-41(54(59-36)53(55)56)37-26-30-39(31-27-37)57-44-17-5-10-22-49(44)60-50-23-11-6-18-45(50)57/h2-33,35H,1,34H2/b14-2-,15-3-. The van der Waals surface area contributed by atoms with Crippen LogP contribution in [0.5, 0.6) is 40.2 Å². The third-order valence-corrected chi connectivity index (χ3v) is 12.0. The van der Waals surface area contributed by atoms with Crippen molar-refractivity contribution >= 4 is 51.8 Å². The van der Waals surface area contributed by atoms with Crippen molar-refractivity contribution < 1.29 is 18.9 Å². The molecule has 0 fully saturated rings. The Morgan fingerprint density at radius 1 is 0.435 bits per heavy atom. The minimum Gasteiger partial charge on any atom is -0.458 e. The second kappa shape index (κ2) is 14.5. The summed E-state index contributed by atoms with van der Waals surface area (Å²) >= 11 is 0. The molecule has 4 aliphatic rings. The Morgan fingerprint density at radius 2 is 0.871 bits per heavy atom. The molecule has 7 heteroatoms. The lowest BCUT2D eigenvalue weighted by Crippen LogP contribution is -2.47. The van der Waals surface area contributed by atoms with Crippen LogP contribution in [0.15, 0.2) is 213 Å². The molecule has 0 atom stereocenters. The summed E-state index contributed by atoms with van der Waals surface area (Å²) in [7, 11) is 0. The fourth-order valence-electron chi connectivity index (χ4n) is 9.17. The first-order valence-electron chi connectivity index (χ1n) is 20.9. The molecule has 0 saturated carbocycles. The van der Waals surface area contributed by atoms with E-state index in [1.165, 1.54) is 0 Å². The third kappa shape index (κ3) is 5.89. The predicted octanol–water partition coefficient (Wildman–Crippen LogP) is 13.9. The van der Waals surface area contributed by atoms with Gasteiger partial charge in [0.25, 0.3) is 0 Å². The van der Waals surface area contributed by atoms with Crippen LogP contribution in [0.2, 0.25) is 6.32 Å². The van der Waals surface area contributed by atoms with Crippen LogP contribution in [-0.4, -0.2) is 6.71 Å². The largest absolute Gasteiger partial charge is 0.458 e. The highest BCUT2D eigenvalue weighted by atomic mass is 16.5. The SMILES string of the molecule is C=C1/C=C\C=C/CB2c3ccccc3Oc3c(-c4ccc(N5c6ccccc6Oc6ccccc65)cc4)cc(-c4ccc(N5c6ccccc6Oc6ccccc65)cc4)c(c32)O1. The van der Waals surface area contributed by atoms with Gasteiger partial charge in [0.05, 0.1) is 22.7 Å². The molecule has 0 aliphatic carbocycles. The number of hydrogen-bond acceptors (Lipinski definition) is 6. The van der Waals surface area contributed by atoms with E-state index in [2.05, 4.69) is 126 Å². The molecule has 0 amide bonds. The molecule has 62 heavy (non-hydrogen) atoms. The van der Waals surface area contributed by atoms with Gasteiger partial charge < -0.3 is 28.7 Å². The van der Waals surface area contributed by atoms with Crippen LogP contribution < -0.4 is 39.7 Å². The molecule has 0 spiro atoms. The fraction of sp³-hybridized carbons (Fsp3) is 0.0182. The van der Waals surface area contributed by atoms with E-state index in [-0.39, 0.29) is 6.71 Å². The van der Waals surface area contributed by atoms with Crippen molar-refractivity contribution in [3.05, 3.63) is 213 Å². The maximum atomic E-state index is 7.01. The number of para-hydroxylation sites is 9. The van der Waals surface area contributed by atoms with Gasteiger partial charge in [0.2, 0.25) is 6.71 Å². The van der Waals surface area contributed by atoms with Crippen molar-refractivity contribution in [1.29, 1.82) is 0 Å². The lowest BCUT2D eigenvalue weighted by atomic mass is 9.37. The topological polar surface area (TPSA) is 43.4 Å². The molecule has 0 radical (unpaired) electrons. The number of hydrogen-bond donors (Lipinski definition) is 0. The second-order valence-electron chi connectivity index (χ2n) is 15.7. The minimum atomic E-state index is -0.0412. The van der Waals surface area contributed by atoms with Gasteiger partial charge in [0.15, 0.2) is 23.0 Å². The van der Waals surface area contributed by atoms with Gasteiger partial charge in [-0.1, -0.05) is 116 Å². The van der Waals surface area contributed by atoms with Crippen molar-refractivity contribution in [3.63, 3.8) is 0 Å². The van der Waals surface area contributed by atoms with Crippen LogP contribution in [0.1, 0.15) is 0 Å². The third-order valence-electron chi connectivity index (χ3n) is 12.0. The maximum absolute atomic E-state index is 7.01. The molecule has 4 heterocycles. The van der Waals surface area contributed by atoms with E-state index < -0.39 is 0 Å². The van der Waals surface area contributed by atoms with Gasteiger partial charge in [0.1, 0.15) is 23.0 Å². The number of benzene rings is 8. The first-order chi connectivity index (χ1) is 30.7. The molecular formula is C55H37BN2O4. The number of fused-ring (bicyclic) bond motifs is 6. The van der Waals surface area contributed by atoms with Crippen LogP contribution >= 0.6 is 0 Å². The molecule has 0 saturated heterocycles. The molecular weight excluding hydrogens is 763 g/mol. The number of nitrogens with zero attached hydrogens (tertiary/aromatic N) is 2. The van der Waals surface area contributed by atoms with Crippen molar-refractivity contribution in [3.8, 4) is 62.5 Å². The summed E-state index contributed by atoms with van der Waals surface area (Å²) in [5, 5.41) is 0. The molecule has 0 N–H and O–H groups in total. The van der Waals surface area contributed by atoms with E-state index in [1.807, 2.05) is 91.0 Å². The molecule has 294 valence electrons. The molecule has 12 rings (SSSR count). The second-order valence-corrected chi connectivity index (χ2v) is 15.7. The van der Waals surface area contributed by atoms with Crippen molar-refractivity contribution in [2.24, 2.45) is 0 Å². The Morgan fingerprint density at radius 3 is 1.37 bits per heavy atom. The van der Waals surface area contributed by atoms with E-state index in [1.54, 1.807) is 0 Å². The Hall–Kier alpha value is -8.16. The molecule has 0 aromatic heterocycles. The zero-order valence-electron chi connectivity index (χ0n) is 33.6. The molecule has 0 bridgehead atoms. The molecule has 4 aliphatic heterocycles. The first-order valence-corrected chi connectivity index (χ1v) is 20.9. The Balaban J connectivity index is 1.03. The Labute approximate surface area is 360 Å². The molecule has 8 aromatic rings. The maximum Gasteiger partial charge on any atom is 0.227 e. The number of anilines is 6. The average Bonchev–Trinajstić information content (AvgIpc) is 3.32. The van der Waals surface area contributed by atoms with Crippen molar-refractivity contribution in [2.45, 2.75) is 6.32 Å². The van der Waals surface area contributed by atoms with Crippen LogP contribution in [0.4, 0.5) is 34.1 Å². The zero-order valence-corrected chi connectivity index (χ0v) is 33.6. The van der Waals surface area contributed by atoms with E-state index >= 15 is 0 Å². The van der Waals surface area contributed by atoms with Gasteiger partial charge in [-0.25, -0.2) is 0 Å². The van der Waals surface area contributed by atoms with Gasteiger partial charge in [-0.2, -0.15) is 0 Å². The van der Waals surface area contributed by atoms with Gasteiger partial charge in [0, 0.05) is 28.0 Å². The zero-order chi connectivity index (χ0) is 41.1. The summed E-state index contributed by atoms with van der Waals surface area (Å²) < 4.78 is 26.5. The summed E-state index contributed by atoms with van der Waals surface area (Å²) in [6.45, 7) is 4.29. The number of rotatable bonds is 4.